The van der Waals surface area contributed by atoms with Crippen molar-refractivity contribution in [3.05, 3.63) is 88.2 Å². The van der Waals surface area contributed by atoms with E-state index in [1.54, 1.807) is 49.6 Å². The number of hydrogen-bond donors (Lipinski definition) is 2. The number of imidazole rings is 1. The Morgan fingerprint density at radius 3 is 2.51 bits per heavy atom. The van der Waals surface area contributed by atoms with Crippen molar-refractivity contribution in [3.8, 4) is 17.1 Å². The van der Waals surface area contributed by atoms with E-state index in [-0.39, 0.29) is 53.2 Å². The highest BCUT2D eigenvalue weighted by Crippen LogP contribution is 2.34. The van der Waals surface area contributed by atoms with E-state index in [4.69, 9.17) is 14.2 Å². The number of methoxy groups -OCH3 is 1. The third-order valence-electron chi connectivity index (χ3n) is 5.53. The van der Waals surface area contributed by atoms with E-state index in [0.717, 1.165) is 4.73 Å². The summed E-state index contributed by atoms with van der Waals surface area (Å²) in [6, 6.07) is 14.8. The van der Waals surface area contributed by atoms with Gasteiger partial charge in [-0.25, -0.2) is 9.37 Å². The van der Waals surface area contributed by atoms with Crippen molar-refractivity contribution in [1.29, 1.82) is 0 Å². The van der Waals surface area contributed by atoms with Crippen LogP contribution in [-0.2, 0) is 14.3 Å². The van der Waals surface area contributed by atoms with Gasteiger partial charge in [-0.15, -0.1) is 0 Å². The van der Waals surface area contributed by atoms with Gasteiger partial charge >= 0.3 is 5.69 Å². The van der Waals surface area contributed by atoms with Gasteiger partial charge in [0.25, 0.3) is 0 Å². The Balaban J connectivity index is 1.47. The number of nitrogens with zero attached hydrogens (tertiary/aromatic N) is 3. The lowest BCUT2D eigenvalue weighted by Crippen LogP contribution is -2.10. The number of nitro groups is 1. The van der Waals surface area contributed by atoms with Gasteiger partial charge in [0.05, 0.1) is 30.3 Å². The number of hydrogen-bond acceptors (Lipinski definition) is 8. The summed E-state index contributed by atoms with van der Waals surface area (Å²) in [5.41, 5.74) is 1.76. The molecule has 1 amide bonds. The van der Waals surface area contributed by atoms with E-state index in [0.29, 0.717) is 30.0 Å². The Hall–Kier alpha value is -4.81. The number of anilines is 1. The minimum Gasteiger partial charge on any atom is -0.484 e. The van der Waals surface area contributed by atoms with E-state index >= 15 is 0 Å². The molecule has 11 nitrogen and oxygen atoms in total. The number of amides is 1. The summed E-state index contributed by atoms with van der Waals surface area (Å²) < 4.78 is 29.5. The van der Waals surface area contributed by atoms with Crippen molar-refractivity contribution in [2.75, 3.05) is 38.9 Å². The predicted octanol–water partition coefficient (Wildman–Crippen LogP) is 4.68. The molecular weight excluding hydrogens is 511 g/mol. The van der Waals surface area contributed by atoms with Gasteiger partial charge in [0.2, 0.25) is 5.91 Å². The van der Waals surface area contributed by atoms with Gasteiger partial charge in [0, 0.05) is 36.6 Å². The zero-order chi connectivity index (χ0) is 27.8. The zero-order valence-corrected chi connectivity index (χ0v) is 20.9. The Labute approximate surface area is 222 Å². The van der Waals surface area contributed by atoms with E-state index in [9.17, 15) is 24.5 Å². The molecule has 3 aromatic carbocycles. The quantitative estimate of drug-likeness (QED) is 0.0875. The first-order valence-corrected chi connectivity index (χ1v) is 11.8. The molecule has 0 aliphatic rings. The van der Waals surface area contributed by atoms with Crippen molar-refractivity contribution in [3.63, 3.8) is 0 Å². The first-order valence-electron chi connectivity index (χ1n) is 11.8. The molecule has 0 aliphatic carbocycles. The Morgan fingerprint density at radius 1 is 1.10 bits per heavy atom. The van der Waals surface area contributed by atoms with Gasteiger partial charge in [0.15, 0.2) is 11.6 Å². The monoisotopic (exact) mass is 536 g/mol. The Bertz CT molecular complexity index is 1490. The summed E-state index contributed by atoms with van der Waals surface area (Å²) in [7, 11) is 1.55. The van der Waals surface area contributed by atoms with Gasteiger partial charge in [-0.1, -0.05) is 12.1 Å². The fourth-order valence-corrected chi connectivity index (χ4v) is 3.61. The first kappa shape index (κ1) is 27.2. The summed E-state index contributed by atoms with van der Waals surface area (Å²) in [4.78, 5) is 27.6. The van der Waals surface area contributed by atoms with Crippen LogP contribution in [-0.4, -0.2) is 59.3 Å². The van der Waals surface area contributed by atoms with Crippen molar-refractivity contribution in [2.24, 2.45) is 0 Å². The molecule has 2 N–H and O–H groups in total. The van der Waals surface area contributed by atoms with Crippen LogP contribution in [0.3, 0.4) is 0 Å². The normalized spacial score (nSPS) is 11.2. The second-order valence-electron chi connectivity index (χ2n) is 8.22. The van der Waals surface area contributed by atoms with Crippen LogP contribution in [0, 0.1) is 15.9 Å². The summed E-state index contributed by atoms with van der Waals surface area (Å²) in [5.74, 6) is -0.599. The molecule has 1 aromatic heterocycles. The number of halogens is 1. The number of benzene rings is 3. The van der Waals surface area contributed by atoms with E-state index in [2.05, 4.69) is 10.3 Å². The van der Waals surface area contributed by atoms with Crippen molar-refractivity contribution in [2.45, 2.75) is 0 Å². The topological polar surface area (TPSA) is 138 Å². The first-order chi connectivity index (χ1) is 18.9. The lowest BCUT2D eigenvalue weighted by Gasteiger charge is -2.08. The molecule has 0 saturated heterocycles. The molecule has 0 unspecified atom stereocenters. The molecule has 0 spiro atoms. The van der Waals surface area contributed by atoms with E-state index in [1.807, 2.05) is 0 Å². The SMILES string of the molecule is COCCOCCOc1cc2nc(-c3ccc(NC(=O)C=Cc4ccc(F)cc4)cc3)n(O)c2cc1[N+](=O)[O-]. The fraction of sp³-hybridized carbons (Fsp3) is 0.185. The fourth-order valence-electron chi connectivity index (χ4n) is 3.61. The average Bonchev–Trinajstić information content (AvgIpc) is 3.25. The molecule has 202 valence electrons. The van der Waals surface area contributed by atoms with Crippen LogP contribution < -0.4 is 10.1 Å². The van der Waals surface area contributed by atoms with Gasteiger partial charge in [-0.3, -0.25) is 14.9 Å². The lowest BCUT2D eigenvalue weighted by atomic mass is 10.2. The van der Waals surface area contributed by atoms with Crippen LogP contribution in [0.25, 0.3) is 28.5 Å². The smallest absolute Gasteiger partial charge is 0.313 e. The van der Waals surface area contributed by atoms with Crippen LogP contribution in [0.15, 0.2) is 66.7 Å². The lowest BCUT2D eigenvalue weighted by molar-refractivity contribution is -0.385. The molecule has 4 rings (SSSR count). The zero-order valence-electron chi connectivity index (χ0n) is 20.9. The minimum atomic E-state index is -0.602. The summed E-state index contributed by atoms with van der Waals surface area (Å²) >= 11 is 0. The molecule has 0 atom stereocenters. The number of nitro benzene ring substituents is 1. The molecule has 4 aromatic rings. The maximum absolute atomic E-state index is 13.0. The summed E-state index contributed by atoms with van der Waals surface area (Å²) in [6.07, 6.45) is 2.88. The molecule has 0 saturated carbocycles. The maximum atomic E-state index is 13.0. The highest BCUT2D eigenvalue weighted by atomic mass is 19.1. The van der Waals surface area contributed by atoms with Gasteiger partial charge in [-0.05, 0) is 48.0 Å². The van der Waals surface area contributed by atoms with Gasteiger partial charge in [-0.2, -0.15) is 4.73 Å². The standard InChI is InChI=1S/C27H25FN4O7/c1-37-12-13-38-14-15-39-25-16-22-23(17-24(25)32(35)36)31(34)27(30-22)19-5-9-21(10-6-19)29-26(33)11-4-18-2-7-20(28)8-3-18/h2-11,16-17,34H,12-15H2,1H3,(H,29,33). The van der Waals surface area contributed by atoms with E-state index < -0.39 is 4.92 Å². The molecule has 0 bridgehead atoms. The van der Waals surface area contributed by atoms with Crippen LogP contribution in [0.2, 0.25) is 0 Å². The maximum Gasteiger partial charge on any atom is 0.313 e. The molecule has 0 aliphatic heterocycles. The van der Waals surface area contributed by atoms with Crippen molar-refractivity contribution in [1.82, 2.24) is 9.71 Å². The molecule has 0 fully saturated rings. The van der Waals surface area contributed by atoms with Crippen LogP contribution in [0.1, 0.15) is 5.56 Å². The number of aromatic nitrogens is 2. The highest BCUT2D eigenvalue weighted by molar-refractivity contribution is 6.02. The van der Waals surface area contributed by atoms with Crippen LogP contribution in [0.4, 0.5) is 15.8 Å². The second kappa shape index (κ2) is 12.6. The molecular formula is C27H25FN4O7. The van der Waals surface area contributed by atoms with Crippen molar-refractivity contribution >= 4 is 34.4 Å². The van der Waals surface area contributed by atoms with Gasteiger partial charge < -0.3 is 24.7 Å². The number of nitrogens with one attached hydrogen (secondary N) is 1. The number of carbonyl (C=O) groups is 1. The molecule has 0 radical (unpaired) electrons. The van der Waals surface area contributed by atoms with E-state index in [1.165, 1.54) is 30.3 Å². The third-order valence-corrected chi connectivity index (χ3v) is 5.53. The van der Waals surface area contributed by atoms with Crippen molar-refractivity contribution < 1.29 is 33.5 Å². The largest absolute Gasteiger partial charge is 0.484 e. The highest BCUT2D eigenvalue weighted by Gasteiger charge is 2.22. The molecule has 12 heteroatoms. The second-order valence-corrected chi connectivity index (χ2v) is 8.22. The average molecular weight is 537 g/mol. The number of ether oxygens (including phenoxy) is 3. The van der Waals surface area contributed by atoms with Gasteiger partial charge in [0.1, 0.15) is 17.9 Å². The third kappa shape index (κ3) is 6.94. The van der Waals surface area contributed by atoms with Crippen LogP contribution in [0.5, 0.6) is 5.75 Å². The minimum absolute atomic E-state index is 0.000700. The summed E-state index contributed by atoms with van der Waals surface area (Å²) in [6.45, 7) is 1.08. The molecule has 1 heterocycles. The number of rotatable bonds is 12. The predicted molar refractivity (Wildman–Crippen MR) is 141 cm³/mol. The number of carbonyl (C=O) groups excluding carboxylic acids is 1. The van der Waals surface area contributed by atoms with Crippen LogP contribution >= 0.6 is 0 Å². The summed E-state index contributed by atoms with van der Waals surface area (Å²) in [5, 5.41) is 25.0. The Morgan fingerprint density at radius 2 is 1.82 bits per heavy atom. The molecule has 39 heavy (non-hydrogen) atoms. The number of fused-ring (bicyclic) bond motifs is 1. The Kier molecular flexibility index (Phi) is 8.82.